The first kappa shape index (κ1) is 30.0. The Balaban J connectivity index is 1.12. The quantitative estimate of drug-likeness (QED) is 0.171. The third kappa shape index (κ3) is 7.05. The molecule has 4 N–H and O–H groups in total. The number of benzene rings is 3. The van der Waals surface area contributed by atoms with Crippen LogP contribution in [0, 0.1) is 0 Å². The lowest BCUT2D eigenvalue weighted by molar-refractivity contribution is -0.122. The molecule has 0 fully saturated rings. The highest BCUT2D eigenvalue weighted by Gasteiger charge is 2.28. The van der Waals surface area contributed by atoms with E-state index in [1.54, 1.807) is 41.7 Å². The zero-order valence-electron chi connectivity index (χ0n) is 24.8. The molecule has 6 rings (SSSR count). The molecule has 1 aliphatic heterocycles. The van der Waals surface area contributed by atoms with E-state index in [-0.39, 0.29) is 30.0 Å². The van der Waals surface area contributed by atoms with Gasteiger partial charge in [-0.05, 0) is 34.9 Å². The molecule has 2 aromatic heterocycles. The topological polar surface area (TPSA) is 130 Å². The Morgan fingerprint density at radius 1 is 1.04 bits per heavy atom. The number of rotatable bonds is 11. The van der Waals surface area contributed by atoms with Crippen LogP contribution < -0.4 is 20.7 Å². The second-order valence-corrected chi connectivity index (χ2v) is 11.8. The number of nitrogens with one attached hydrogen (secondary N) is 3. The molecule has 0 saturated heterocycles. The standard InChI is InChI=1S/C34H34N6O4S/c1-35-34(43)30(15-22-7-11-26(41)12-8-22)39-33(42)28-4-2-3-27-29(13-14-44-32(27)28)38-17-25-16-36-20-40(25)19-23-5-9-24(10-6-23)31-18-37-21-45-31/h2-12,16,18,20-21,29-30,38,41H,13-15,17,19H2,1H3,(H,35,43)(H,39,42)/t29-,30-/m0/s1. The van der Waals surface area contributed by atoms with Crippen LogP contribution in [0.4, 0.5) is 0 Å². The number of nitrogens with zero attached hydrogens (tertiary/aromatic N) is 3. The van der Waals surface area contributed by atoms with Crippen LogP contribution in [0.1, 0.15) is 45.2 Å². The minimum absolute atomic E-state index is 0.0322. The van der Waals surface area contributed by atoms with Crippen LogP contribution in [0.3, 0.4) is 0 Å². The van der Waals surface area contributed by atoms with E-state index >= 15 is 0 Å². The molecule has 2 amide bonds. The van der Waals surface area contributed by atoms with Gasteiger partial charge in [-0.1, -0.05) is 48.5 Å². The van der Waals surface area contributed by atoms with Crippen molar-refractivity contribution in [1.29, 1.82) is 0 Å². The normalized spacial score (nSPS) is 14.6. The summed E-state index contributed by atoms with van der Waals surface area (Å²) in [6.07, 6.45) is 6.61. The number of hydrogen-bond donors (Lipinski definition) is 4. The van der Waals surface area contributed by atoms with Gasteiger partial charge < -0.3 is 30.4 Å². The molecule has 45 heavy (non-hydrogen) atoms. The van der Waals surface area contributed by atoms with Gasteiger partial charge in [-0.3, -0.25) is 14.6 Å². The van der Waals surface area contributed by atoms with E-state index in [1.165, 1.54) is 12.6 Å². The van der Waals surface area contributed by atoms with Crippen LogP contribution in [0.15, 0.2) is 91.0 Å². The van der Waals surface area contributed by atoms with Crippen LogP contribution in [-0.2, 0) is 24.3 Å². The lowest BCUT2D eigenvalue weighted by Crippen LogP contribution is -2.47. The summed E-state index contributed by atoms with van der Waals surface area (Å²) in [5.41, 5.74) is 7.30. The molecule has 11 heteroatoms. The van der Waals surface area contributed by atoms with Gasteiger partial charge in [0.15, 0.2) is 0 Å². The van der Waals surface area contributed by atoms with E-state index in [0.717, 1.165) is 33.7 Å². The van der Waals surface area contributed by atoms with E-state index in [9.17, 15) is 14.7 Å². The SMILES string of the molecule is CNC(=O)[C@H](Cc1ccc(O)cc1)NC(=O)c1cccc2c1OCC[C@@H]2NCc1cncn1Cc1ccc(-c2cncs2)cc1. The van der Waals surface area contributed by atoms with Crippen molar-refractivity contribution >= 4 is 23.2 Å². The summed E-state index contributed by atoms with van der Waals surface area (Å²) >= 11 is 1.62. The number of phenolic OH excluding ortho intramolecular Hbond substituents is 1. The van der Waals surface area contributed by atoms with Gasteiger partial charge in [0.2, 0.25) is 5.91 Å². The molecule has 3 aromatic carbocycles. The molecule has 0 saturated carbocycles. The number of para-hydroxylation sites is 1. The number of likely N-dealkylation sites (N-methyl/N-ethyl adjacent to an activating group) is 1. The monoisotopic (exact) mass is 622 g/mol. The van der Waals surface area contributed by atoms with E-state index in [1.807, 2.05) is 36.4 Å². The summed E-state index contributed by atoms with van der Waals surface area (Å²) < 4.78 is 8.16. The number of carbonyl (C=O) groups excluding carboxylic acids is 2. The van der Waals surface area contributed by atoms with Crippen LogP contribution in [0.2, 0.25) is 0 Å². The second kappa shape index (κ2) is 13.7. The van der Waals surface area contributed by atoms with Gasteiger partial charge in [-0.15, -0.1) is 11.3 Å². The Morgan fingerprint density at radius 3 is 2.60 bits per heavy atom. The zero-order chi connectivity index (χ0) is 31.2. The number of hydrogen-bond acceptors (Lipinski definition) is 8. The van der Waals surface area contributed by atoms with Crippen LogP contribution in [-0.4, -0.2) is 51.2 Å². The van der Waals surface area contributed by atoms with E-state index in [4.69, 9.17) is 4.74 Å². The van der Waals surface area contributed by atoms with Gasteiger partial charge in [0.1, 0.15) is 17.5 Å². The van der Waals surface area contributed by atoms with Crippen molar-refractivity contribution in [3.05, 3.63) is 119 Å². The van der Waals surface area contributed by atoms with Crippen LogP contribution >= 0.6 is 11.3 Å². The highest BCUT2D eigenvalue weighted by Crippen LogP contribution is 2.35. The number of imidazole rings is 1. The molecule has 230 valence electrons. The van der Waals surface area contributed by atoms with E-state index < -0.39 is 6.04 Å². The maximum Gasteiger partial charge on any atom is 0.255 e. The highest BCUT2D eigenvalue weighted by molar-refractivity contribution is 7.13. The molecule has 2 atom stereocenters. The van der Waals surface area contributed by atoms with Crippen LogP contribution in [0.5, 0.6) is 11.5 Å². The number of aromatic nitrogens is 3. The zero-order valence-corrected chi connectivity index (χ0v) is 25.6. The predicted molar refractivity (Wildman–Crippen MR) is 172 cm³/mol. The fraction of sp³-hybridized carbons (Fsp3) is 0.235. The van der Waals surface area contributed by atoms with Crippen LogP contribution in [0.25, 0.3) is 10.4 Å². The minimum Gasteiger partial charge on any atom is -0.508 e. The summed E-state index contributed by atoms with van der Waals surface area (Å²) in [5.74, 6) is -0.0419. The third-order valence-corrected chi connectivity index (χ3v) is 8.74. The molecule has 0 bridgehead atoms. The van der Waals surface area contributed by atoms with Crippen molar-refractivity contribution in [3.8, 4) is 21.9 Å². The van der Waals surface area contributed by atoms with Gasteiger partial charge in [-0.25, -0.2) is 4.98 Å². The maximum atomic E-state index is 13.5. The number of phenols is 1. The fourth-order valence-corrected chi connectivity index (χ4v) is 6.13. The number of fused-ring (bicyclic) bond motifs is 1. The average molecular weight is 623 g/mol. The average Bonchev–Trinajstić information content (AvgIpc) is 3.77. The number of aromatic hydroxyl groups is 1. The summed E-state index contributed by atoms with van der Waals surface area (Å²) in [4.78, 5) is 35.9. The number of thiazole rings is 1. The Hall–Kier alpha value is -5.00. The molecule has 1 aliphatic rings. The fourth-order valence-electron chi connectivity index (χ4n) is 5.50. The first-order valence-electron chi connectivity index (χ1n) is 14.7. The summed E-state index contributed by atoms with van der Waals surface area (Å²) in [7, 11) is 1.54. The smallest absolute Gasteiger partial charge is 0.255 e. The Morgan fingerprint density at radius 2 is 1.84 bits per heavy atom. The molecular weight excluding hydrogens is 588 g/mol. The molecule has 0 radical (unpaired) electrons. The number of carbonyl (C=O) groups is 2. The van der Waals surface area contributed by atoms with Crippen molar-refractivity contribution < 1.29 is 19.4 Å². The maximum absolute atomic E-state index is 13.5. The Bertz CT molecular complexity index is 1750. The summed E-state index contributed by atoms with van der Waals surface area (Å²) in [5, 5.41) is 18.8. The first-order valence-corrected chi connectivity index (χ1v) is 15.6. The molecule has 5 aromatic rings. The predicted octanol–water partition coefficient (Wildman–Crippen LogP) is 4.46. The summed E-state index contributed by atoms with van der Waals surface area (Å²) in [6.45, 7) is 1.74. The molecule has 0 unspecified atom stereocenters. The largest absolute Gasteiger partial charge is 0.508 e. The second-order valence-electron chi connectivity index (χ2n) is 10.9. The molecular formula is C34H34N6O4S. The van der Waals surface area contributed by atoms with E-state index in [2.05, 4.69) is 54.8 Å². The van der Waals surface area contributed by atoms with Crippen molar-refractivity contribution in [1.82, 2.24) is 30.5 Å². The van der Waals surface area contributed by atoms with Crippen molar-refractivity contribution in [2.75, 3.05) is 13.7 Å². The highest BCUT2D eigenvalue weighted by atomic mass is 32.1. The molecule has 0 spiro atoms. The Labute approximate surface area is 265 Å². The molecule has 10 nitrogen and oxygen atoms in total. The first-order chi connectivity index (χ1) is 22.0. The third-order valence-electron chi connectivity index (χ3n) is 7.91. The van der Waals surface area contributed by atoms with Gasteiger partial charge in [0.05, 0.1) is 34.6 Å². The number of ether oxygens (including phenoxy) is 1. The van der Waals surface area contributed by atoms with Gasteiger partial charge in [0, 0.05) is 57.0 Å². The lowest BCUT2D eigenvalue weighted by Gasteiger charge is -2.28. The Kier molecular flexibility index (Phi) is 9.18. The molecule has 0 aliphatic carbocycles. The lowest BCUT2D eigenvalue weighted by atomic mass is 9.96. The van der Waals surface area contributed by atoms with Crippen molar-refractivity contribution in [3.63, 3.8) is 0 Å². The van der Waals surface area contributed by atoms with Crippen molar-refractivity contribution in [2.45, 2.75) is 38.0 Å². The van der Waals surface area contributed by atoms with Crippen molar-refractivity contribution in [2.24, 2.45) is 0 Å². The van der Waals surface area contributed by atoms with Gasteiger partial charge in [-0.2, -0.15) is 0 Å². The summed E-state index contributed by atoms with van der Waals surface area (Å²) in [6, 6.07) is 19.8. The minimum atomic E-state index is -0.801. The van der Waals surface area contributed by atoms with Gasteiger partial charge in [0.25, 0.3) is 5.91 Å². The van der Waals surface area contributed by atoms with E-state index in [0.29, 0.717) is 31.0 Å². The number of amides is 2. The van der Waals surface area contributed by atoms with Gasteiger partial charge >= 0.3 is 0 Å². The molecule has 3 heterocycles.